The highest BCUT2D eigenvalue weighted by atomic mass is 79.9. The summed E-state index contributed by atoms with van der Waals surface area (Å²) in [5.74, 6) is 0.0168. The van der Waals surface area contributed by atoms with Gasteiger partial charge in [0.15, 0.2) is 23.9 Å². The summed E-state index contributed by atoms with van der Waals surface area (Å²) in [6, 6.07) is 9.93. The van der Waals surface area contributed by atoms with E-state index in [2.05, 4.69) is 31.9 Å². The predicted molar refractivity (Wildman–Crippen MR) is 101 cm³/mol. The first-order valence-corrected chi connectivity index (χ1v) is 9.01. The number of carbonyl (C=O) groups excluding carboxylic acids is 2. The van der Waals surface area contributed by atoms with Crippen LogP contribution in [0, 0.1) is 0 Å². The quantitative estimate of drug-likeness (QED) is 0.434. The van der Waals surface area contributed by atoms with Gasteiger partial charge in [-0.25, -0.2) is 4.79 Å². The van der Waals surface area contributed by atoms with Crippen molar-refractivity contribution in [3.8, 4) is 11.5 Å². The number of benzene rings is 2. The van der Waals surface area contributed by atoms with E-state index in [-0.39, 0.29) is 18.0 Å². The average Bonchev–Trinajstić information content (AvgIpc) is 2.60. The van der Waals surface area contributed by atoms with Gasteiger partial charge in [0, 0.05) is 10.0 Å². The fourth-order valence-electron chi connectivity index (χ4n) is 2.08. The summed E-state index contributed by atoms with van der Waals surface area (Å²) in [6.07, 6.45) is 0. The molecule has 0 bridgehead atoms. The molecule has 0 heterocycles. The number of ether oxygens (including phenoxy) is 3. The topological polar surface area (TPSA) is 61.8 Å². The van der Waals surface area contributed by atoms with Crippen LogP contribution in [0.4, 0.5) is 0 Å². The molecular weight excluding hydrogens is 456 g/mol. The van der Waals surface area contributed by atoms with Gasteiger partial charge in [-0.15, -0.1) is 0 Å². The largest absolute Gasteiger partial charge is 0.492 e. The van der Waals surface area contributed by atoms with Crippen LogP contribution < -0.4 is 9.47 Å². The molecule has 0 aliphatic carbocycles. The Labute approximate surface area is 162 Å². The number of rotatable bonds is 7. The third-order valence-corrected chi connectivity index (χ3v) is 4.37. The summed E-state index contributed by atoms with van der Waals surface area (Å²) < 4.78 is 17.3. The lowest BCUT2D eigenvalue weighted by Gasteiger charge is -2.13. The number of hydrogen-bond donors (Lipinski definition) is 0. The van der Waals surface area contributed by atoms with E-state index in [0.717, 1.165) is 4.47 Å². The molecule has 0 fully saturated rings. The molecule has 0 aromatic heterocycles. The second-order valence-corrected chi connectivity index (χ2v) is 6.70. The van der Waals surface area contributed by atoms with Crippen LogP contribution >= 0.6 is 31.9 Å². The second kappa shape index (κ2) is 9.01. The molecule has 25 heavy (non-hydrogen) atoms. The third-order valence-electron chi connectivity index (χ3n) is 3.25. The Balaban J connectivity index is 2.10. The number of carbonyl (C=O) groups is 2. The lowest BCUT2D eigenvalue weighted by molar-refractivity contribution is 0.0474. The minimum Gasteiger partial charge on any atom is -0.492 e. The molecule has 2 aromatic rings. The number of methoxy groups -OCH3 is 1. The third kappa shape index (κ3) is 5.06. The predicted octanol–water partition coefficient (Wildman–Crippen LogP) is 4.66. The first-order chi connectivity index (χ1) is 12.0. The number of ketones is 1. The molecule has 7 heteroatoms. The van der Waals surface area contributed by atoms with Gasteiger partial charge in [-0.3, -0.25) is 4.79 Å². The van der Waals surface area contributed by atoms with E-state index in [0.29, 0.717) is 28.1 Å². The Morgan fingerprint density at radius 1 is 1.04 bits per heavy atom. The monoisotopic (exact) mass is 470 g/mol. The molecule has 0 radical (unpaired) electrons. The van der Waals surface area contributed by atoms with E-state index >= 15 is 0 Å². The smallest absolute Gasteiger partial charge is 0.338 e. The maximum absolute atomic E-state index is 12.2. The molecule has 0 saturated heterocycles. The Hall–Kier alpha value is -1.86. The summed E-state index contributed by atoms with van der Waals surface area (Å²) in [6.45, 7) is 1.91. The Morgan fingerprint density at radius 3 is 2.32 bits per heavy atom. The van der Waals surface area contributed by atoms with Gasteiger partial charge in [0.1, 0.15) is 0 Å². The molecule has 0 spiro atoms. The average molecular weight is 472 g/mol. The van der Waals surface area contributed by atoms with E-state index < -0.39 is 5.97 Å². The van der Waals surface area contributed by atoms with Crippen molar-refractivity contribution in [3.63, 3.8) is 0 Å². The molecule has 2 rings (SSSR count). The van der Waals surface area contributed by atoms with Crippen LogP contribution in [-0.4, -0.2) is 32.1 Å². The van der Waals surface area contributed by atoms with Crippen molar-refractivity contribution in [2.45, 2.75) is 6.92 Å². The summed E-state index contributed by atoms with van der Waals surface area (Å²) >= 11 is 6.64. The Kier molecular flexibility index (Phi) is 7.01. The van der Waals surface area contributed by atoms with Crippen LogP contribution in [0.3, 0.4) is 0 Å². The molecule has 5 nitrogen and oxygen atoms in total. The van der Waals surface area contributed by atoms with E-state index in [9.17, 15) is 9.59 Å². The van der Waals surface area contributed by atoms with E-state index in [1.807, 2.05) is 6.92 Å². The van der Waals surface area contributed by atoms with Gasteiger partial charge in [-0.05, 0) is 47.1 Å². The molecule has 0 atom stereocenters. The fraction of sp³-hybridized carbons (Fsp3) is 0.222. The van der Waals surface area contributed by atoms with Crippen molar-refractivity contribution in [2.75, 3.05) is 20.3 Å². The van der Waals surface area contributed by atoms with Gasteiger partial charge < -0.3 is 14.2 Å². The normalized spacial score (nSPS) is 10.2. The van der Waals surface area contributed by atoms with Crippen molar-refractivity contribution in [1.82, 2.24) is 0 Å². The van der Waals surface area contributed by atoms with Crippen LogP contribution in [0.1, 0.15) is 27.6 Å². The van der Waals surface area contributed by atoms with Gasteiger partial charge in [-0.2, -0.15) is 0 Å². The molecule has 0 aliphatic heterocycles. The molecule has 0 amide bonds. The summed E-state index contributed by atoms with van der Waals surface area (Å²) in [5.41, 5.74) is 0.738. The van der Waals surface area contributed by atoms with Crippen molar-refractivity contribution in [3.05, 3.63) is 56.5 Å². The second-order valence-electron chi connectivity index (χ2n) is 4.93. The highest BCUT2D eigenvalue weighted by Gasteiger charge is 2.17. The zero-order valence-electron chi connectivity index (χ0n) is 13.7. The van der Waals surface area contributed by atoms with Gasteiger partial charge in [0.2, 0.25) is 0 Å². The summed E-state index contributed by atoms with van der Waals surface area (Å²) in [7, 11) is 1.51. The highest BCUT2D eigenvalue weighted by molar-refractivity contribution is 9.10. The first-order valence-electron chi connectivity index (χ1n) is 7.42. The van der Waals surface area contributed by atoms with Gasteiger partial charge >= 0.3 is 5.97 Å². The van der Waals surface area contributed by atoms with E-state index in [1.54, 1.807) is 30.3 Å². The standard InChI is InChI=1S/C18H16Br2O5/c1-3-24-16-9-12(8-14(20)17(16)23-2)18(22)25-10-15(21)11-4-6-13(19)7-5-11/h4-9H,3,10H2,1-2H3. The number of hydrogen-bond acceptors (Lipinski definition) is 5. The molecule has 0 N–H and O–H groups in total. The van der Waals surface area contributed by atoms with Crippen molar-refractivity contribution >= 4 is 43.6 Å². The van der Waals surface area contributed by atoms with Crippen LogP contribution in [0.25, 0.3) is 0 Å². The zero-order chi connectivity index (χ0) is 18.4. The number of Topliss-reactive ketones (excluding diaryl/α,β-unsaturated/α-hetero) is 1. The summed E-state index contributed by atoms with van der Waals surface area (Å²) in [4.78, 5) is 24.3. The van der Waals surface area contributed by atoms with Crippen molar-refractivity contribution < 1.29 is 23.8 Å². The Morgan fingerprint density at radius 2 is 1.72 bits per heavy atom. The maximum atomic E-state index is 12.2. The SMILES string of the molecule is CCOc1cc(C(=O)OCC(=O)c2ccc(Br)cc2)cc(Br)c1OC. The van der Waals surface area contributed by atoms with E-state index in [4.69, 9.17) is 14.2 Å². The molecular formula is C18H16Br2O5. The number of halogens is 2. The van der Waals surface area contributed by atoms with Crippen molar-refractivity contribution in [1.29, 1.82) is 0 Å². The molecule has 0 aliphatic rings. The number of esters is 1. The highest BCUT2D eigenvalue weighted by Crippen LogP contribution is 2.36. The van der Waals surface area contributed by atoms with Crippen LogP contribution in [0.15, 0.2) is 45.3 Å². The van der Waals surface area contributed by atoms with E-state index in [1.165, 1.54) is 13.2 Å². The fourth-order valence-corrected chi connectivity index (χ4v) is 2.95. The van der Waals surface area contributed by atoms with Crippen LogP contribution in [-0.2, 0) is 4.74 Å². The van der Waals surface area contributed by atoms with Crippen LogP contribution in [0.5, 0.6) is 11.5 Å². The maximum Gasteiger partial charge on any atom is 0.338 e. The van der Waals surface area contributed by atoms with Gasteiger partial charge in [-0.1, -0.05) is 28.1 Å². The van der Waals surface area contributed by atoms with Crippen molar-refractivity contribution in [2.24, 2.45) is 0 Å². The minimum absolute atomic E-state index is 0.264. The molecule has 0 saturated carbocycles. The zero-order valence-corrected chi connectivity index (χ0v) is 16.8. The lowest BCUT2D eigenvalue weighted by Crippen LogP contribution is -2.14. The first kappa shape index (κ1) is 19.5. The molecule has 2 aromatic carbocycles. The minimum atomic E-state index is -0.616. The van der Waals surface area contributed by atoms with Gasteiger partial charge in [0.05, 0.1) is 23.8 Å². The molecule has 132 valence electrons. The molecule has 0 unspecified atom stereocenters. The summed E-state index contributed by atoms with van der Waals surface area (Å²) in [5, 5.41) is 0. The lowest BCUT2D eigenvalue weighted by atomic mass is 10.1. The van der Waals surface area contributed by atoms with Gasteiger partial charge in [0.25, 0.3) is 0 Å². The Bertz CT molecular complexity index is 772. The van der Waals surface area contributed by atoms with Crippen LogP contribution in [0.2, 0.25) is 0 Å².